The second kappa shape index (κ2) is 6.99. The Kier molecular flexibility index (Phi) is 4.75. The number of rotatable bonds is 5. The van der Waals surface area contributed by atoms with Crippen LogP contribution < -0.4 is 19.8 Å². The van der Waals surface area contributed by atoms with Crippen LogP contribution in [0.1, 0.15) is 5.56 Å². The van der Waals surface area contributed by atoms with Crippen molar-refractivity contribution in [3.05, 3.63) is 58.1 Å². The molecule has 0 saturated carbocycles. The Balaban J connectivity index is 2.20. The first kappa shape index (κ1) is 17.7. The van der Waals surface area contributed by atoms with Crippen molar-refractivity contribution >= 4 is 10.9 Å². The molecule has 0 bridgehead atoms. The van der Waals surface area contributed by atoms with Gasteiger partial charge in [-0.3, -0.25) is 9.36 Å². The second-order valence-electron chi connectivity index (χ2n) is 5.43. The van der Waals surface area contributed by atoms with E-state index in [1.54, 1.807) is 0 Å². The van der Waals surface area contributed by atoms with E-state index < -0.39 is 17.2 Å². The predicted octanol–water partition coefficient (Wildman–Crippen LogP) is 2.75. The number of nitrogens with zero attached hydrogens (tertiary/aromatic N) is 2. The number of aromatic nitrogens is 2. The van der Waals surface area contributed by atoms with E-state index in [4.69, 9.17) is 14.2 Å². The van der Waals surface area contributed by atoms with Gasteiger partial charge in [-0.15, -0.1) is 0 Å². The molecule has 1 heterocycles. The standard InChI is InChI=1S/C18H16F2N2O4/c1-24-13-7-11-15(17(26-3)16(13)25-2)21-9-22(18(11)23)8-10-5-4-6-12(19)14(10)20/h4-7,9H,8H2,1-3H3. The van der Waals surface area contributed by atoms with E-state index >= 15 is 0 Å². The Hall–Kier alpha value is -3.16. The number of fused-ring (bicyclic) bond motifs is 1. The fraction of sp³-hybridized carbons (Fsp3) is 0.222. The molecule has 0 aliphatic carbocycles. The molecule has 0 N–H and O–H groups in total. The Morgan fingerprint density at radius 1 is 1.08 bits per heavy atom. The lowest BCUT2D eigenvalue weighted by Gasteiger charge is -2.15. The van der Waals surface area contributed by atoms with Gasteiger partial charge in [0.15, 0.2) is 23.1 Å². The monoisotopic (exact) mass is 362 g/mol. The molecule has 3 rings (SSSR count). The lowest BCUT2D eigenvalue weighted by Crippen LogP contribution is -2.22. The van der Waals surface area contributed by atoms with Crippen molar-refractivity contribution in [2.75, 3.05) is 21.3 Å². The molecule has 3 aromatic rings. The molecule has 6 nitrogen and oxygen atoms in total. The first-order chi connectivity index (χ1) is 12.5. The zero-order valence-corrected chi connectivity index (χ0v) is 14.4. The molecule has 2 aromatic carbocycles. The molecule has 0 unspecified atom stereocenters. The van der Waals surface area contributed by atoms with Crippen LogP contribution in [-0.4, -0.2) is 30.9 Å². The van der Waals surface area contributed by atoms with Crippen LogP contribution in [0.4, 0.5) is 8.78 Å². The van der Waals surface area contributed by atoms with Gasteiger partial charge < -0.3 is 14.2 Å². The number of methoxy groups -OCH3 is 3. The third-order valence-corrected chi connectivity index (χ3v) is 3.99. The quantitative estimate of drug-likeness (QED) is 0.698. The second-order valence-corrected chi connectivity index (χ2v) is 5.43. The van der Waals surface area contributed by atoms with Gasteiger partial charge in [-0.25, -0.2) is 13.8 Å². The van der Waals surface area contributed by atoms with Crippen molar-refractivity contribution in [3.63, 3.8) is 0 Å². The van der Waals surface area contributed by atoms with Gasteiger partial charge in [-0.1, -0.05) is 12.1 Å². The number of ether oxygens (including phenoxy) is 3. The minimum absolute atomic E-state index is 0.0423. The molecular weight excluding hydrogens is 346 g/mol. The fourth-order valence-electron chi connectivity index (χ4n) is 2.73. The SMILES string of the molecule is COc1cc2c(=O)n(Cc3cccc(F)c3F)cnc2c(OC)c1OC. The topological polar surface area (TPSA) is 62.6 Å². The van der Waals surface area contributed by atoms with Crippen LogP contribution in [-0.2, 0) is 6.54 Å². The van der Waals surface area contributed by atoms with Crippen molar-refractivity contribution in [1.29, 1.82) is 0 Å². The third-order valence-electron chi connectivity index (χ3n) is 3.99. The number of hydrogen-bond acceptors (Lipinski definition) is 5. The normalized spacial score (nSPS) is 10.8. The summed E-state index contributed by atoms with van der Waals surface area (Å²) in [7, 11) is 4.30. The van der Waals surface area contributed by atoms with Gasteiger partial charge in [0.2, 0.25) is 5.75 Å². The highest BCUT2D eigenvalue weighted by atomic mass is 19.2. The summed E-state index contributed by atoms with van der Waals surface area (Å²) < 4.78 is 44.3. The van der Waals surface area contributed by atoms with E-state index in [-0.39, 0.29) is 28.8 Å². The Morgan fingerprint density at radius 3 is 2.46 bits per heavy atom. The first-order valence-corrected chi connectivity index (χ1v) is 7.62. The van der Waals surface area contributed by atoms with Crippen molar-refractivity contribution in [3.8, 4) is 17.2 Å². The van der Waals surface area contributed by atoms with Crippen LogP contribution >= 0.6 is 0 Å². The van der Waals surface area contributed by atoms with Crippen molar-refractivity contribution < 1.29 is 23.0 Å². The largest absolute Gasteiger partial charge is 0.493 e. The van der Waals surface area contributed by atoms with Crippen molar-refractivity contribution in [2.45, 2.75) is 6.54 Å². The zero-order valence-electron chi connectivity index (χ0n) is 14.4. The van der Waals surface area contributed by atoms with Crippen LogP contribution in [0.3, 0.4) is 0 Å². The van der Waals surface area contributed by atoms with E-state index in [1.165, 1.54) is 50.4 Å². The van der Waals surface area contributed by atoms with Crippen LogP contribution in [0.2, 0.25) is 0 Å². The minimum Gasteiger partial charge on any atom is -0.493 e. The highest BCUT2D eigenvalue weighted by Gasteiger charge is 2.20. The van der Waals surface area contributed by atoms with Gasteiger partial charge in [0.1, 0.15) is 5.52 Å². The van der Waals surface area contributed by atoms with E-state index in [2.05, 4.69) is 4.98 Å². The summed E-state index contributed by atoms with van der Waals surface area (Å²) >= 11 is 0. The summed E-state index contributed by atoms with van der Waals surface area (Å²) in [6.45, 7) is -0.165. The van der Waals surface area contributed by atoms with Crippen LogP contribution in [0, 0.1) is 11.6 Å². The maximum Gasteiger partial charge on any atom is 0.261 e. The summed E-state index contributed by atoms with van der Waals surface area (Å²) in [5, 5.41) is 0.207. The summed E-state index contributed by atoms with van der Waals surface area (Å²) in [6, 6.07) is 5.28. The Morgan fingerprint density at radius 2 is 1.81 bits per heavy atom. The van der Waals surface area contributed by atoms with E-state index in [0.29, 0.717) is 11.5 Å². The van der Waals surface area contributed by atoms with Gasteiger partial charge in [-0.05, 0) is 12.1 Å². The van der Waals surface area contributed by atoms with Crippen molar-refractivity contribution in [2.24, 2.45) is 0 Å². The molecule has 0 spiro atoms. The molecule has 8 heteroatoms. The summed E-state index contributed by atoms with van der Waals surface area (Å²) in [5.41, 5.74) is -0.121. The Labute approximate surface area is 147 Å². The van der Waals surface area contributed by atoms with Gasteiger partial charge in [0.25, 0.3) is 5.56 Å². The number of hydrogen-bond donors (Lipinski definition) is 0. The summed E-state index contributed by atoms with van der Waals surface area (Å²) in [4.78, 5) is 17.1. The molecular formula is C18H16F2N2O4. The molecule has 26 heavy (non-hydrogen) atoms. The van der Waals surface area contributed by atoms with Crippen LogP contribution in [0.5, 0.6) is 17.2 Å². The Bertz CT molecular complexity index is 1030. The average molecular weight is 362 g/mol. The van der Waals surface area contributed by atoms with Gasteiger partial charge >= 0.3 is 0 Å². The lowest BCUT2D eigenvalue weighted by molar-refractivity contribution is 0.326. The zero-order chi connectivity index (χ0) is 18.8. The highest BCUT2D eigenvalue weighted by molar-refractivity contribution is 5.89. The first-order valence-electron chi connectivity index (χ1n) is 7.62. The minimum atomic E-state index is -0.996. The number of benzene rings is 2. The highest BCUT2D eigenvalue weighted by Crippen LogP contribution is 2.41. The van der Waals surface area contributed by atoms with Gasteiger partial charge in [0.05, 0.1) is 39.6 Å². The van der Waals surface area contributed by atoms with Gasteiger partial charge in [0, 0.05) is 5.56 Å². The van der Waals surface area contributed by atoms with E-state index in [1.807, 2.05) is 0 Å². The third kappa shape index (κ3) is 2.83. The molecule has 0 aliphatic heterocycles. The van der Waals surface area contributed by atoms with E-state index in [9.17, 15) is 13.6 Å². The van der Waals surface area contributed by atoms with Crippen molar-refractivity contribution in [1.82, 2.24) is 9.55 Å². The molecule has 0 saturated heterocycles. The molecule has 0 fully saturated rings. The summed E-state index contributed by atoms with van der Waals surface area (Å²) in [5.74, 6) is -1.11. The van der Waals surface area contributed by atoms with E-state index in [0.717, 1.165) is 6.07 Å². The smallest absolute Gasteiger partial charge is 0.261 e. The molecule has 1 aromatic heterocycles. The van der Waals surface area contributed by atoms with Crippen LogP contribution in [0.15, 0.2) is 35.4 Å². The lowest BCUT2D eigenvalue weighted by atomic mass is 10.1. The molecule has 0 atom stereocenters. The fourth-order valence-corrected chi connectivity index (χ4v) is 2.73. The maximum atomic E-state index is 13.9. The predicted molar refractivity (Wildman–Crippen MR) is 91.1 cm³/mol. The average Bonchev–Trinajstić information content (AvgIpc) is 2.65. The maximum absolute atomic E-state index is 13.9. The summed E-state index contributed by atoms with van der Waals surface area (Å²) in [6.07, 6.45) is 1.25. The molecule has 0 aliphatic rings. The molecule has 136 valence electrons. The molecule has 0 amide bonds. The number of halogens is 2. The van der Waals surface area contributed by atoms with Gasteiger partial charge in [-0.2, -0.15) is 0 Å². The van der Waals surface area contributed by atoms with Crippen LogP contribution in [0.25, 0.3) is 10.9 Å². The molecule has 0 radical (unpaired) electrons.